The van der Waals surface area contributed by atoms with E-state index in [9.17, 15) is 19.3 Å². The van der Waals surface area contributed by atoms with Crippen LogP contribution in [0.25, 0.3) is 5.69 Å². The van der Waals surface area contributed by atoms with Gasteiger partial charge in [0.25, 0.3) is 5.69 Å². The Hall–Kier alpha value is -2.29. The summed E-state index contributed by atoms with van der Waals surface area (Å²) in [6, 6.07) is 1.90. The lowest BCUT2D eigenvalue weighted by Gasteiger charge is -2.04. The van der Waals surface area contributed by atoms with Crippen molar-refractivity contribution in [2.75, 3.05) is 0 Å². The number of carboxylic acid groups (broad SMARTS) is 1. The second kappa shape index (κ2) is 4.76. The van der Waals surface area contributed by atoms with Crippen LogP contribution in [0.5, 0.6) is 0 Å². The number of hydrogen-bond acceptors (Lipinski definition) is 4. The highest BCUT2D eigenvalue weighted by Crippen LogP contribution is 2.29. The molecule has 1 aromatic carbocycles. The lowest BCUT2D eigenvalue weighted by atomic mass is 10.2. The van der Waals surface area contributed by atoms with E-state index in [-0.39, 0.29) is 15.7 Å². The molecule has 0 aliphatic heterocycles. The van der Waals surface area contributed by atoms with Crippen molar-refractivity contribution in [1.29, 1.82) is 0 Å². The van der Waals surface area contributed by atoms with Gasteiger partial charge in [0.1, 0.15) is 11.5 Å². The fourth-order valence-electron chi connectivity index (χ4n) is 1.42. The zero-order valence-corrected chi connectivity index (χ0v) is 10.7. The van der Waals surface area contributed by atoms with E-state index in [0.29, 0.717) is 0 Å². The summed E-state index contributed by atoms with van der Waals surface area (Å²) in [4.78, 5) is 20.9. The Labute approximate surface area is 113 Å². The molecule has 7 nitrogen and oxygen atoms in total. The molecule has 0 bridgehead atoms. The first-order chi connectivity index (χ1) is 8.90. The molecule has 19 heavy (non-hydrogen) atoms. The van der Waals surface area contributed by atoms with E-state index in [1.165, 1.54) is 0 Å². The second-order valence-electron chi connectivity index (χ2n) is 3.49. The van der Waals surface area contributed by atoms with Crippen molar-refractivity contribution >= 4 is 27.6 Å². The average Bonchev–Trinajstić information content (AvgIpc) is 2.81. The van der Waals surface area contributed by atoms with Gasteiger partial charge < -0.3 is 5.11 Å². The van der Waals surface area contributed by atoms with Gasteiger partial charge in [-0.3, -0.25) is 10.1 Å². The Kier molecular flexibility index (Phi) is 3.30. The molecule has 0 saturated heterocycles. The van der Waals surface area contributed by atoms with Crippen LogP contribution in [0.3, 0.4) is 0 Å². The Morgan fingerprint density at radius 2 is 2.21 bits per heavy atom. The van der Waals surface area contributed by atoms with Gasteiger partial charge in [0, 0.05) is 18.3 Å². The van der Waals surface area contributed by atoms with E-state index in [2.05, 4.69) is 21.0 Å². The molecule has 0 fully saturated rings. The summed E-state index contributed by atoms with van der Waals surface area (Å²) in [5.41, 5.74) is -0.705. The number of rotatable bonds is 3. The lowest BCUT2D eigenvalue weighted by molar-refractivity contribution is -0.384. The minimum atomic E-state index is -1.23. The van der Waals surface area contributed by atoms with Gasteiger partial charge in [0.05, 0.1) is 21.2 Å². The molecule has 0 unspecified atom stereocenters. The third-order valence-corrected chi connectivity index (χ3v) is 2.90. The quantitative estimate of drug-likeness (QED) is 0.688. The van der Waals surface area contributed by atoms with Gasteiger partial charge in [-0.1, -0.05) is 0 Å². The monoisotopic (exact) mass is 329 g/mol. The number of aromatic carboxylic acids is 1. The van der Waals surface area contributed by atoms with Gasteiger partial charge in [0.15, 0.2) is 0 Å². The predicted octanol–water partition coefficient (Wildman–Crippen LogP) is 2.38. The van der Waals surface area contributed by atoms with Gasteiger partial charge in [-0.15, -0.1) is 0 Å². The van der Waals surface area contributed by atoms with Crippen LogP contribution in [-0.2, 0) is 0 Å². The highest BCUT2D eigenvalue weighted by atomic mass is 79.9. The van der Waals surface area contributed by atoms with Crippen molar-refractivity contribution in [2.24, 2.45) is 0 Å². The summed E-state index contributed by atoms with van der Waals surface area (Å²) in [6.45, 7) is 0. The Bertz CT molecular complexity index is 685. The molecule has 98 valence electrons. The third-order valence-electron chi connectivity index (χ3n) is 2.29. The zero-order valence-electron chi connectivity index (χ0n) is 9.08. The topological polar surface area (TPSA) is 98.3 Å². The first-order valence-electron chi connectivity index (χ1n) is 4.82. The maximum atomic E-state index is 13.4. The highest BCUT2D eigenvalue weighted by Gasteiger charge is 2.20. The van der Waals surface area contributed by atoms with E-state index in [0.717, 1.165) is 29.2 Å². The van der Waals surface area contributed by atoms with Gasteiger partial charge in [-0.2, -0.15) is 5.10 Å². The highest BCUT2D eigenvalue weighted by molar-refractivity contribution is 9.10. The van der Waals surface area contributed by atoms with Crippen LogP contribution in [-0.4, -0.2) is 25.8 Å². The molecular formula is C10H5BrFN3O4. The molecule has 2 aromatic rings. The van der Waals surface area contributed by atoms with Gasteiger partial charge in [-0.05, 0) is 15.9 Å². The number of carboxylic acids is 1. The van der Waals surface area contributed by atoms with Crippen molar-refractivity contribution in [3.05, 3.63) is 50.5 Å². The molecule has 2 rings (SSSR count). The van der Waals surface area contributed by atoms with Crippen molar-refractivity contribution in [1.82, 2.24) is 9.78 Å². The van der Waals surface area contributed by atoms with Gasteiger partial charge >= 0.3 is 5.97 Å². The van der Waals surface area contributed by atoms with Crippen molar-refractivity contribution in [3.8, 4) is 5.69 Å². The largest absolute Gasteiger partial charge is 0.478 e. The summed E-state index contributed by atoms with van der Waals surface area (Å²) in [7, 11) is 0. The maximum Gasteiger partial charge on any atom is 0.338 e. The molecular weight excluding hydrogens is 325 g/mol. The predicted molar refractivity (Wildman–Crippen MR) is 64.8 cm³/mol. The van der Waals surface area contributed by atoms with E-state index in [4.69, 9.17) is 5.11 Å². The van der Waals surface area contributed by atoms with Gasteiger partial charge in [0.2, 0.25) is 0 Å². The smallest absolute Gasteiger partial charge is 0.338 e. The maximum absolute atomic E-state index is 13.4. The lowest BCUT2D eigenvalue weighted by Crippen LogP contribution is -2.02. The van der Waals surface area contributed by atoms with Crippen LogP contribution in [0.4, 0.5) is 10.1 Å². The Morgan fingerprint density at radius 3 is 2.74 bits per heavy atom. The molecule has 0 spiro atoms. The number of halogens is 2. The number of nitro groups is 1. The fourth-order valence-corrected chi connectivity index (χ4v) is 1.75. The molecule has 0 amide bonds. The average molecular weight is 330 g/mol. The molecule has 0 aliphatic rings. The molecule has 1 aromatic heterocycles. The third kappa shape index (κ3) is 2.45. The first kappa shape index (κ1) is 13.1. The number of nitrogens with zero attached hydrogens (tertiary/aromatic N) is 3. The van der Waals surface area contributed by atoms with E-state index >= 15 is 0 Å². The standard InChI is InChI=1S/C10H5BrFN3O4/c11-6-1-9(15(18)19)8(2-7(6)12)14-4-5(3-13-14)10(16)17/h1-4H,(H,16,17). The van der Waals surface area contributed by atoms with E-state index < -0.39 is 22.4 Å². The van der Waals surface area contributed by atoms with Gasteiger partial charge in [-0.25, -0.2) is 13.9 Å². The van der Waals surface area contributed by atoms with Crippen LogP contribution < -0.4 is 0 Å². The minimum Gasteiger partial charge on any atom is -0.478 e. The molecule has 0 aliphatic carbocycles. The minimum absolute atomic E-state index is 0.0615. The molecule has 1 N–H and O–H groups in total. The summed E-state index contributed by atoms with van der Waals surface area (Å²) >= 11 is 2.85. The first-order valence-corrected chi connectivity index (χ1v) is 5.61. The van der Waals surface area contributed by atoms with Crippen LogP contribution in [0.1, 0.15) is 10.4 Å². The SMILES string of the molecule is O=C(O)c1cnn(-c2cc(F)c(Br)cc2[N+](=O)[O-])c1. The number of aromatic nitrogens is 2. The summed E-state index contributed by atoms with van der Waals surface area (Å²) < 4.78 is 14.3. The van der Waals surface area contributed by atoms with Crippen molar-refractivity contribution in [2.45, 2.75) is 0 Å². The Morgan fingerprint density at radius 1 is 1.53 bits per heavy atom. The number of nitro benzene ring substituents is 1. The Balaban J connectivity index is 2.62. The number of carbonyl (C=O) groups is 1. The molecule has 0 radical (unpaired) electrons. The molecule has 0 saturated carbocycles. The van der Waals surface area contributed by atoms with Crippen molar-refractivity contribution in [3.63, 3.8) is 0 Å². The number of benzene rings is 1. The normalized spacial score (nSPS) is 10.4. The van der Waals surface area contributed by atoms with Crippen LogP contribution in [0.2, 0.25) is 0 Å². The second-order valence-corrected chi connectivity index (χ2v) is 4.35. The van der Waals surface area contributed by atoms with E-state index in [1.54, 1.807) is 0 Å². The molecule has 1 heterocycles. The summed E-state index contributed by atoms with van der Waals surface area (Å²) in [5.74, 6) is -1.94. The molecule has 9 heteroatoms. The zero-order chi connectivity index (χ0) is 14.2. The van der Waals surface area contributed by atoms with Crippen LogP contribution in [0.15, 0.2) is 29.0 Å². The van der Waals surface area contributed by atoms with Crippen LogP contribution in [0, 0.1) is 15.9 Å². The summed E-state index contributed by atoms with van der Waals surface area (Å²) in [5, 5.41) is 23.3. The number of hydrogen-bond donors (Lipinski definition) is 1. The van der Waals surface area contributed by atoms with E-state index in [1.807, 2.05) is 0 Å². The molecule has 0 atom stereocenters. The van der Waals surface area contributed by atoms with Crippen molar-refractivity contribution < 1.29 is 19.2 Å². The summed E-state index contributed by atoms with van der Waals surface area (Å²) in [6.07, 6.45) is 2.09. The fraction of sp³-hybridized carbons (Fsp3) is 0. The van der Waals surface area contributed by atoms with Crippen LogP contribution >= 0.6 is 15.9 Å².